The lowest BCUT2D eigenvalue weighted by atomic mass is 9.96. The summed E-state index contributed by atoms with van der Waals surface area (Å²) in [6.45, 7) is 2.25. The van der Waals surface area contributed by atoms with Crippen molar-refractivity contribution in [2.75, 3.05) is 13.1 Å². The quantitative estimate of drug-likeness (QED) is 0.728. The van der Waals surface area contributed by atoms with E-state index in [4.69, 9.17) is 0 Å². The van der Waals surface area contributed by atoms with Gasteiger partial charge in [-0.25, -0.2) is 4.98 Å². The van der Waals surface area contributed by atoms with Gasteiger partial charge in [-0.15, -0.1) is 0 Å². The van der Waals surface area contributed by atoms with Crippen molar-refractivity contribution < 1.29 is 4.79 Å². The van der Waals surface area contributed by atoms with Gasteiger partial charge in [0.2, 0.25) is 0 Å². The van der Waals surface area contributed by atoms with Crippen LogP contribution in [0.1, 0.15) is 40.5 Å². The summed E-state index contributed by atoms with van der Waals surface area (Å²) < 4.78 is 2.18. The third kappa shape index (κ3) is 3.49. The Bertz CT molecular complexity index is 862. The Morgan fingerprint density at radius 1 is 1.12 bits per heavy atom. The van der Waals surface area contributed by atoms with Gasteiger partial charge >= 0.3 is 0 Å². The first-order chi connectivity index (χ1) is 12.8. The number of carbonyl (C=O) groups excluding carboxylic acids is 1. The van der Waals surface area contributed by atoms with E-state index >= 15 is 0 Å². The molecule has 26 heavy (non-hydrogen) atoms. The van der Waals surface area contributed by atoms with Crippen LogP contribution in [-0.2, 0) is 6.54 Å². The fourth-order valence-corrected chi connectivity index (χ4v) is 3.54. The van der Waals surface area contributed by atoms with Crippen molar-refractivity contribution in [3.8, 4) is 0 Å². The second-order valence-corrected chi connectivity index (χ2v) is 6.60. The van der Waals surface area contributed by atoms with Crippen LogP contribution in [0.25, 0.3) is 0 Å². The largest absolute Gasteiger partial charge is 0.338 e. The average Bonchev–Trinajstić information content (AvgIpc) is 3.17. The van der Waals surface area contributed by atoms with Crippen LogP contribution in [0.4, 0.5) is 0 Å². The maximum Gasteiger partial charge on any atom is 0.255 e. The normalized spacial score (nSPS) is 17.2. The summed E-state index contributed by atoms with van der Waals surface area (Å²) >= 11 is 0. The molecule has 0 radical (unpaired) electrons. The summed E-state index contributed by atoms with van der Waals surface area (Å²) in [5, 5.41) is 0. The predicted molar refractivity (Wildman–Crippen MR) is 97.7 cm³/mol. The van der Waals surface area contributed by atoms with Crippen LogP contribution in [0.5, 0.6) is 0 Å². The third-order valence-corrected chi connectivity index (χ3v) is 4.83. The molecule has 0 saturated carbocycles. The van der Waals surface area contributed by atoms with Crippen molar-refractivity contribution in [1.82, 2.24) is 24.4 Å². The molecule has 0 spiro atoms. The van der Waals surface area contributed by atoms with E-state index in [9.17, 15) is 4.79 Å². The molecule has 1 fully saturated rings. The van der Waals surface area contributed by atoms with E-state index in [1.54, 1.807) is 30.9 Å². The maximum atomic E-state index is 12.7. The van der Waals surface area contributed by atoms with E-state index in [1.165, 1.54) is 5.56 Å². The number of pyridine rings is 2. The Labute approximate surface area is 152 Å². The van der Waals surface area contributed by atoms with Gasteiger partial charge in [-0.1, -0.05) is 0 Å². The molecular formula is C20H21N5O. The highest BCUT2D eigenvalue weighted by atomic mass is 16.2. The number of hydrogen-bond donors (Lipinski definition) is 0. The monoisotopic (exact) mass is 347 g/mol. The van der Waals surface area contributed by atoms with Crippen LogP contribution in [-0.4, -0.2) is 43.4 Å². The molecule has 4 rings (SSSR count). The van der Waals surface area contributed by atoms with Gasteiger partial charge in [0.1, 0.15) is 5.82 Å². The zero-order valence-corrected chi connectivity index (χ0v) is 14.5. The molecule has 1 aliphatic heterocycles. The third-order valence-electron chi connectivity index (χ3n) is 4.83. The minimum Gasteiger partial charge on any atom is -0.338 e. The van der Waals surface area contributed by atoms with Crippen molar-refractivity contribution in [3.63, 3.8) is 0 Å². The van der Waals surface area contributed by atoms with Crippen LogP contribution < -0.4 is 0 Å². The van der Waals surface area contributed by atoms with Gasteiger partial charge < -0.3 is 9.47 Å². The molecule has 1 aliphatic rings. The summed E-state index contributed by atoms with van der Waals surface area (Å²) in [7, 11) is 0. The summed E-state index contributed by atoms with van der Waals surface area (Å²) in [4.78, 5) is 27.4. The van der Waals surface area contributed by atoms with Crippen LogP contribution in [0.2, 0.25) is 0 Å². The molecule has 6 heteroatoms. The smallest absolute Gasteiger partial charge is 0.255 e. The van der Waals surface area contributed by atoms with E-state index in [-0.39, 0.29) is 11.8 Å². The van der Waals surface area contributed by atoms with Crippen LogP contribution in [0.15, 0.2) is 61.4 Å². The molecule has 3 aromatic heterocycles. The number of piperidine rings is 1. The second kappa shape index (κ2) is 7.47. The first kappa shape index (κ1) is 16.4. The molecule has 0 N–H and O–H groups in total. The van der Waals surface area contributed by atoms with Crippen molar-refractivity contribution in [3.05, 3.63) is 78.4 Å². The van der Waals surface area contributed by atoms with Crippen molar-refractivity contribution in [2.24, 2.45) is 0 Å². The SMILES string of the molecule is O=C(c1cccnc1)N1CCC[C@@H](c2nccn2Cc2ccncc2)C1. The summed E-state index contributed by atoms with van der Waals surface area (Å²) in [5.74, 6) is 1.35. The highest BCUT2D eigenvalue weighted by Gasteiger charge is 2.28. The molecule has 132 valence electrons. The Balaban J connectivity index is 1.50. The number of amides is 1. The van der Waals surface area contributed by atoms with Gasteiger partial charge in [-0.05, 0) is 42.7 Å². The molecule has 1 atom stereocenters. The molecule has 6 nitrogen and oxygen atoms in total. The van der Waals surface area contributed by atoms with E-state index in [1.807, 2.05) is 35.5 Å². The van der Waals surface area contributed by atoms with Gasteiger partial charge in [-0.3, -0.25) is 14.8 Å². The van der Waals surface area contributed by atoms with E-state index in [0.717, 1.165) is 31.8 Å². The lowest BCUT2D eigenvalue weighted by Crippen LogP contribution is -2.39. The zero-order chi connectivity index (χ0) is 17.8. The molecule has 4 heterocycles. The fraction of sp³-hybridized carbons (Fsp3) is 0.300. The Hall–Kier alpha value is -3.02. The van der Waals surface area contributed by atoms with Crippen molar-refractivity contribution in [2.45, 2.75) is 25.3 Å². The predicted octanol–water partition coefficient (Wildman–Crippen LogP) is 2.74. The molecule has 1 amide bonds. The van der Waals surface area contributed by atoms with Crippen molar-refractivity contribution >= 4 is 5.91 Å². The van der Waals surface area contributed by atoms with E-state index < -0.39 is 0 Å². The molecule has 0 aromatic carbocycles. The van der Waals surface area contributed by atoms with Gasteiger partial charge in [0.25, 0.3) is 5.91 Å². The number of likely N-dealkylation sites (tertiary alicyclic amines) is 1. The summed E-state index contributed by atoms with van der Waals surface area (Å²) in [5.41, 5.74) is 1.84. The lowest BCUT2D eigenvalue weighted by molar-refractivity contribution is 0.0703. The van der Waals surface area contributed by atoms with E-state index in [2.05, 4.69) is 19.5 Å². The highest BCUT2D eigenvalue weighted by Crippen LogP contribution is 2.27. The summed E-state index contributed by atoms with van der Waals surface area (Å²) in [6, 6.07) is 7.66. The summed E-state index contributed by atoms with van der Waals surface area (Å²) in [6.07, 6.45) is 12.8. The Kier molecular flexibility index (Phi) is 4.73. The minimum absolute atomic E-state index is 0.0510. The highest BCUT2D eigenvalue weighted by molar-refractivity contribution is 5.93. The van der Waals surface area contributed by atoms with Crippen molar-refractivity contribution in [1.29, 1.82) is 0 Å². The van der Waals surface area contributed by atoms with Crippen LogP contribution in [0.3, 0.4) is 0 Å². The molecule has 0 unspecified atom stereocenters. The van der Waals surface area contributed by atoms with Gasteiger partial charge in [0.05, 0.1) is 5.56 Å². The number of hydrogen-bond acceptors (Lipinski definition) is 4. The molecule has 1 saturated heterocycles. The maximum absolute atomic E-state index is 12.7. The molecule has 0 aliphatic carbocycles. The van der Waals surface area contributed by atoms with Crippen LogP contribution in [0, 0.1) is 0 Å². The zero-order valence-electron chi connectivity index (χ0n) is 14.5. The first-order valence-corrected chi connectivity index (χ1v) is 8.90. The fourth-order valence-electron chi connectivity index (χ4n) is 3.54. The lowest BCUT2D eigenvalue weighted by Gasteiger charge is -2.32. The van der Waals surface area contributed by atoms with Gasteiger partial charge in [0.15, 0.2) is 0 Å². The van der Waals surface area contributed by atoms with Gasteiger partial charge in [0, 0.05) is 62.7 Å². The Morgan fingerprint density at radius 3 is 2.81 bits per heavy atom. The number of imidazole rings is 1. The van der Waals surface area contributed by atoms with E-state index in [0.29, 0.717) is 12.1 Å². The number of rotatable bonds is 4. The molecule has 3 aromatic rings. The second-order valence-electron chi connectivity index (χ2n) is 6.60. The number of carbonyl (C=O) groups is 1. The minimum atomic E-state index is 0.0510. The first-order valence-electron chi connectivity index (χ1n) is 8.90. The number of aromatic nitrogens is 4. The number of nitrogens with zero attached hydrogens (tertiary/aromatic N) is 5. The molecular weight excluding hydrogens is 326 g/mol. The van der Waals surface area contributed by atoms with Gasteiger partial charge in [-0.2, -0.15) is 0 Å². The molecule has 0 bridgehead atoms. The Morgan fingerprint density at radius 2 is 2.00 bits per heavy atom. The average molecular weight is 347 g/mol. The topological polar surface area (TPSA) is 63.9 Å². The standard InChI is InChI=1S/C20H21N5O/c26-20(17-3-1-7-22-13-17)25-11-2-4-18(15-25)19-23-10-12-24(19)14-16-5-8-21-9-6-16/h1,3,5-10,12-13,18H,2,4,11,14-15H2/t18-/m1/s1. The van der Waals surface area contributed by atoms with Crippen LogP contribution >= 0.6 is 0 Å².